The summed E-state index contributed by atoms with van der Waals surface area (Å²) in [5.74, 6) is 1.09. The average molecular weight is 385 g/mol. The van der Waals surface area contributed by atoms with Crippen molar-refractivity contribution in [1.82, 2.24) is 19.9 Å². The summed E-state index contributed by atoms with van der Waals surface area (Å²) in [6.45, 7) is 6.72. The van der Waals surface area contributed by atoms with Gasteiger partial charge in [0.05, 0.1) is 11.9 Å². The highest BCUT2D eigenvalue weighted by molar-refractivity contribution is 7.14. The van der Waals surface area contributed by atoms with E-state index >= 15 is 0 Å². The lowest BCUT2D eigenvalue weighted by atomic mass is 9.71. The Morgan fingerprint density at radius 2 is 2.22 bits per heavy atom. The molecule has 1 amide bonds. The number of carbonyl (C=O) groups is 1. The molecule has 1 aliphatic rings. The van der Waals surface area contributed by atoms with Crippen LogP contribution in [0.3, 0.4) is 0 Å². The van der Waals surface area contributed by atoms with E-state index in [0.717, 1.165) is 41.8 Å². The Kier molecular flexibility index (Phi) is 4.38. The van der Waals surface area contributed by atoms with Crippen LogP contribution in [0.25, 0.3) is 11.3 Å². The van der Waals surface area contributed by atoms with Gasteiger partial charge in [0, 0.05) is 36.2 Å². The van der Waals surface area contributed by atoms with Crippen LogP contribution < -0.4 is 5.32 Å². The molecule has 0 unspecified atom stereocenters. The first-order valence-corrected chi connectivity index (χ1v) is 9.92. The summed E-state index contributed by atoms with van der Waals surface area (Å²) < 4.78 is 7.17. The van der Waals surface area contributed by atoms with Crippen LogP contribution in [0.15, 0.2) is 22.3 Å². The molecular formula is C19H23N5O2S. The quantitative estimate of drug-likeness (QED) is 0.738. The monoisotopic (exact) mass is 385 g/mol. The Labute approximate surface area is 161 Å². The molecule has 1 atom stereocenters. The highest BCUT2D eigenvalue weighted by Crippen LogP contribution is 2.38. The van der Waals surface area contributed by atoms with Crippen LogP contribution >= 0.6 is 11.3 Å². The second-order valence-corrected chi connectivity index (χ2v) is 8.99. The predicted octanol–water partition coefficient (Wildman–Crippen LogP) is 3.93. The fourth-order valence-electron chi connectivity index (χ4n) is 3.50. The highest BCUT2D eigenvalue weighted by atomic mass is 32.1. The number of nitrogens with zero attached hydrogens (tertiary/aromatic N) is 4. The molecule has 0 bridgehead atoms. The summed E-state index contributed by atoms with van der Waals surface area (Å²) >= 11 is 1.38. The van der Waals surface area contributed by atoms with Crippen molar-refractivity contribution in [2.75, 3.05) is 5.32 Å². The summed E-state index contributed by atoms with van der Waals surface area (Å²) in [4.78, 5) is 17.3. The van der Waals surface area contributed by atoms with Crippen LogP contribution in [0.4, 0.5) is 5.13 Å². The molecule has 0 saturated heterocycles. The molecule has 0 aromatic carbocycles. The zero-order valence-corrected chi connectivity index (χ0v) is 16.8. The van der Waals surface area contributed by atoms with Crippen LogP contribution in [0.1, 0.15) is 49.0 Å². The summed E-state index contributed by atoms with van der Waals surface area (Å²) in [5.41, 5.74) is 3.23. The Morgan fingerprint density at radius 3 is 2.93 bits per heavy atom. The van der Waals surface area contributed by atoms with Gasteiger partial charge in [-0.05, 0) is 24.2 Å². The third-order valence-corrected chi connectivity index (χ3v) is 5.96. The molecule has 3 aromatic rings. The van der Waals surface area contributed by atoms with E-state index < -0.39 is 0 Å². The molecule has 0 radical (unpaired) electrons. The Bertz CT molecular complexity index is 979. The zero-order chi connectivity index (χ0) is 19.2. The van der Waals surface area contributed by atoms with Gasteiger partial charge in [-0.1, -0.05) is 25.9 Å². The van der Waals surface area contributed by atoms with E-state index in [4.69, 9.17) is 4.52 Å². The first-order chi connectivity index (χ1) is 12.8. The van der Waals surface area contributed by atoms with E-state index in [9.17, 15) is 4.79 Å². The minimum absolute atomic E-state index is 0.191. The fraction of sp³-hybridized carbons (Fsp3) is 0.474. The molecule has 3 aromatic heterocycles. The van der Waals surface area contributed by atoms with Gasteiger partial charge in [-0.2, -0.15) is 5.10 Å². The van der Waals surface area contributed by atoms with Crippen molar-refractivity contribution >= 4 is 22.4 Å². The molecule has 0 aliphatic heterocycles. The fourth-order valence-corrected chi connectivity index (χ4v) is 4.21. The average Bonchev–Trinajstić information content (AvgIpc) is 3.32. The van der Waals surface area contributed by atoms with E-state index in [1.807, 2.05) is 18.6 Å². The molecule has 1 aliphatic carbocycles. The minimum Gasteiger partial charge on any atom is -0.360 e. The minimum atomic E-state index is -0.262. The summed E-state index contributed by atoms with van der Waals surface area (Å²) in [5, 5.41) is 13.5. The van der Waals surface area contributed by atoms with Crippen LogP contribution in [0.5, 0.6) is 0 Å². The van der Waals surface area contributed by atoms with Crippen molar-refractivity contribution in [3.05, 3.63) is 34.8 Å². The normalized spacial score (nSPS) is 17.0. The van der Waals surface area contributed by atoms with Crippen LogP contribution in [-0.2, 0) is 19.9 Å². The lowest BCUT2D eigenvalue weighted by Gasteiger charge is -2.33. The number of aromatic nitrogens is 4. The molecule has 0 spiro atoms. The number of amides is 1. The molecule has 4 rings (SSSR count). The molecule has 27 heavy (non-hydrogen) atoms. The number of aryl methyl sites for hydroxylation is 2. The second kappa shape index (κ2) is 6.60. The van der Waals surface area contributed by atoms with Gasteiger partial charge >= 0.3 is 0 Å². The molecule has 142 valence electrons. The molecule has 0 fully saturated rings. The van der Waals surface area contributed by atoms with Crippen molar-refractivity contribution in [1.29, 1.82) is 0 Å². The molecule has 1 N–H and O–H groups in total. The maximum atomic E-state index is 12.8. The lowest BCUT2D eigenvalue weighted by molar-refractivity contribution is 0.101. The van der Waals surface area contributed by atoms with Crippen LogP contribution in [-0.4, -0.2) is 25.8 Å². The van der Waals surface area contributed by atoms with E-state index in [1.54, 1.807) is 10.9 Å². The van der Waals surface area contributed by atoms with E-state index in [1.165, 1.54) is 11.3 Å². The topological polar surface area (TPSA) is 85.8 Å². The van der Waals surface area contributed by atoms with Gasteiger partial charge in [0.2, 0.25) is 0 Å². The maximum absolute atomic E-state index is 12.8. The van der Waals surface area contributed by atoms with Crippen LogP contribution in [0.2, 0.25) is 0 Å². The third kappa shape index (κ3) is 3.53. The Hall–Kier alpha value is -2.48. The number of rotatable bonds is 3. The van der Waals surface area contributed by atoms with Crippen molar-refractivity contribution in [2.45, 2.75) is 40.0 Å². The predicted molar refractivity (Wildman–Crippen MR) is 104 cm³/mol. The SMILES string of the molecule is Cn1cc(-c2csc(NC(=O)c3noc4c3C[C@H](C(C)(C)C)CC4)n2)cn1. The third-order valence-electron chi connectivity index (χ3n) is 5.21. The summed E-state index contributed by atoms with van der Waals surface area (Å²) in [6.07, 6.45) is 6.36. The Morgan fingerprint density at radius 1 is 1.41 bits per heavy atom. The standard InChI is InChI=1S/C19H23N5O2S/c1-19(2,3)12-5-6-15-13(7-12)16(23-26-15)17(25)22-18-21-14(10-27-18)11-8-20-24(4)9-11/h8-10,12H,5-7H2,1-4H3,(H,21,22,25)/t12-/m1/s1. The number of carbonyl (C=O) groups excluding carboxylic acids is 1. The van der Waals surface area contributed by atoms with Crippen molar-refractivity contribution in [2.24, 2.45) is 18.4 Å². The maximum Gasteiger partial charge on any atom is 0.279 e. The number of hydrogen-bond donors (Lipinski definition) is 1. The van der Waals surface area contributed by atoms with Gasteiger partial charge in [-0.25, -0.2) is 4.98 Å². The molecule has 7 nitrogen and oxygen atoms in total. The number of nitrogens with one attached hydrogen (secondary N) is 1. The number of fused-ring (bicyclic) bond motifs is 1. The van der Waals surface area contributed by atoms with Gasteiger partial charge in [-0.15, -0.1) is 11.3 Å². The van der Waals surface area contributed by atoms with Gasteiger partial charge in [-0.3, -0.25) is 14.8 Å². The van der Waals surface area contributed by atoms with Crippen molar-refractivity contribution in [3.8, 4) is 11.3 Å². The highest BCUT2D eigenvalue weighted by Gasteiger charge is 2.34. The summed E-state index contributed by atoms with van der Waals surface area (Å²) in [6, 6.07) is 0. The smallest absolute Gasteiger partial charge is 0.279 e. The number of anilines is 1. The van der Waals surface area contributed by atoms with Gasteiger partial charge in [0.1, 0.15) is 5.76 Å². The lowest BCUT2D eigenvalue weighted by Crippen LogP contribution is -2.27. The first-order valence-electron chi connectivity index (χ1n) is 9.04. The van der Waals surface area contributed by atoms with Crippen molar-refractivity contribution < 1.29 is 9.32 Å². The van der Waals surface area contributed by atoms with E-state index in [-0.39, 0.29) is 11.3 Å². The van der Waals surface area contributed by atoms with E-state index in [2.05, 4.69) is 41.3 Å². The molecule has 3 heterocycles. The molecule has 0 saturated carbocycles. The molecular weight excluding hydrogens is 362 g/mol. The largest absolute Gasteiger partial charge is 0.360 e. The molecule has 8 heteroatoms. The van der Waals surface area contributed by atoms with Gasteiger partial charge in [0.25, 0.3) is 5.91 Å². The van der Waals surface area contributed by atoms with E-state index in [0.29, 0.717) is 16.7 Å². The van der Waals surface area contributed by atoms with Gasteiger partial charge in [0.15, 0.2) is 10.8 Å². The first kappa shape index (κ1) is 17.9. The zero-order valence-electron chi connectivity index (χ0n) is 15.9. The number of thiazole rings is 1. The van der Waals surface area contributed by atoms with Crippen molar-refractivity contribution in [3.63, 3.8) is 0 Å². The van der Waals surface area contributed by atoms with Crippen LogP contribution in [0, 0.1) is 11.3 Å². The van der Waals surface area contributed by atoms with Gasteiger partial charge < -0.3 is 4.52 Å². The Balaban J connectivity index is 1.52. The number of hydrogen-bond acceptors (Lipinski definition) is 6. The summed E-state index contributed by atoms with van der Waals surface area (Å²) in [7, 11) is 1.86. The second-order valence-electron chi connectivity index (χ2n) is 8.13.